The summed E-state index contributed by atoms with van der Waals surface area (Å²) in [6.07, 6.45) is 7.68. The third kappa shape index (κ3) is 4.94. The molecule has 0 saturated carbocycles. The molecule has 3 N–H and O–H groups in total. The monoisotopic (exact) mass is 421 g/mol. The number of aromatic amines is 1. The quantitative estimate of drug-likeness (QED) is 0.426. The van der Waals surface area contributed by atoms with E-state index in [0.29, 0.717) is 27.7 Å². The molecule has 4 aromatic rings. The van der Waals surface area contributed by atoms with Crippen LogP contribution in [0, 0.1) is 6.92 Å². The first-order valence-corrected chi connectivity index (χ1v) is 10.9. The van der Waals surface area contributed by atoms with Gasteiger partial charge in [-0.15, -0.1) is 0 Å². The van der Waals surface area contributed by atoms with E-state index in [2.05, 4.69) is 20.4 Å². The lowest BCUT2D eigenvalue weighted by Gasteiger charge is -2.08. The van der Waals surface area contributed by atoms with Gasteiger partial charge in [0.2, 0.25) is 0 Å². The van der Waals surface area contributed by atoms with E-state index < -0.39 is 0 Å². The molecular formula is C24H31N5O2. The van der Waals surface area contributed by atoms with E-state index in [1.807, 2.05) is 40.1 Å². The molecule has 0 aliphatic carbocycles. The third-order valence-corrected chi connectivity index (χ3v) is 5.23. The Labute approximate surface area is 182 Å². The largest absolute Gasteiger partial charge is 0.507 e. The van der Waals surface area contributed by atoms with Crippen molar-refractivity contribution in [1.82, 2.24) is 25.1 Å². The highest BCUT2D eigenvalue weighted by Gasteiger charge is 2.15. The van der Waals surface area contributed by atoms with Gasteiger partial charge in [0.15, 0.2) is 0 Å². The van der Waals surface area contributed by atoms with Crippen molar-refractivity contribution in [2.24, 2.45) is 7.05 Å². The van der Waals surface area contributed by atoms with E-state index in [1.54, 1.807) is 29.1 Å². The van der Waals surface area contributed by atoms with Gasteiger partial charge >= 0.3 is 0 Å². The first-order valence-electron chi connectivity index (χ1n) is 10.9. The number of aryl methyl sites for hydroxylation is 2. The molecule has 1 aliphatic rings. The van der Waals surface area contributed by atoms with E-state index in [-0.39, 0.29) is 11.3 Å². The summed E-state index contributed by atoms with van der Waals surface area (Å²) < 4.78 is 1.72. The molecule has 1 fully saturated rings. The molecule has 0 unspecified atom stereocenters. The number of pyridine rings is 2. The van der Waals surface area contributed by atoms with Crippen LogP contribution < -0.4 is 10.9 Å². The van der Waals surface area contributed by atoms with Crippen LogP contribution in [0.2, 0.25) is 0 Å². The fourth-order valence-corrected chi connectivity index (χ4v) is 3.66. The summed E-state index contributed by atoms with van der Waals surface area (Å²) in [6, 6.07) is 7.08. The maximum atomic E-state index is 11.8. The van der Waals surface area contributed by atoms with Gasteiger partial charge in [0.05, 0.1) is 22.1 Å². The smallest absolute Gasteiger partial charge is 0.257 e. The summed E-state index contributed by atoms with van der Waals surface area (Å²) in [4.78, 5) is 18.9. The molecule has 0 spiro atoms. The number of aromatic nitrogens is 4. The lowest BCUT2D eigenvalue weighted by Crippen LogP contribution is -2.21. The second-order valence-electron chi connectivity index (χ2n) is 7.39. The number of hydrogen-bond donors (Lipinski definition) is 3. The van der Waals surface area contributed by atoms with Crippen LogP contribution >= 0.6 is 0 Å². The molecule has 1 aromatic carbocycles. The summed E-state index contributed by atoms with van der Waals surface area (Å²) in [5, 5.41) is 19.6. The zero-order valence-corrected chi connectivity index (χ0v) is 18.7. The SMILES string of the molecule is C1CCNCC1.CC.Cc1c(O)c(-c2ccc3c(=O)[nH]ccc3n2)cc2cn(C)nc12. The molecule has 7 heteroatoms. The van der Waals surface area contributed by atoms with Crippen molar-refractivity contribution in [2.75, 3.05) is 13.1 Å². The maximum absolute atomic E-state index is 11.8. The fraction of sp³-hybridized carbons (Fsp3) is 0.375. The fourth-order valence-electron chi connectivity index (χ4n) is 3.66. The minimum Gasteiger partial charge on any atom is -0.507 e. The molecule has 5 rings (SSSR count). The minimum absolute atomic E-state index is 0.160. The number of fused-ring (bicyclic) bond motifs is 2. The van der Waals surface area contributed by atoms with E-state index in [1.165, 1.54) is 32.4 Å². The molecule has 164 valence electrons. The number of nitrogens with one attached hydrogen (secondary N) is 2. The highest BCUT2D eigenvalue weighted by atomic mass is 16.3. The van der Waals surface area contributed by atoms with Crippen LogP contribution in [0.4, 0.5) is 0 Å². The Morgan fingerprint density at radius 1 is 1.10 bits per heavy atom. The van der Waals surface area contributed by atoms with Crippen LogP contribution in [-0.4, -0.2) is 37.9 Å². The predicted molar refractivity (Wildman–Crippen MR) is 127 cm³/mol. The van der Waals surface area contributed by atoms with Crippen LogP contribution in [0.1, 0.15) is 38.7 Å². The van der Waals surface area contributed by atoms with Gasteiger partial charge in [-0.3, -0.25) is 9.48 Å². The van der Waals surface area contributed by atoms with Gasteiger partial charge in [0.25, 0.3) is 5.56 Å². The van der Waals surface area contributed by atoms with Crippen LogP contribution in [0.15, 0.2) is 41.5 Å². The second kappa shape index (κ2) is 10.2. The topological polar surface area (TPSA) is 95.8 Å². The molecular weight excluding hydrogens is 390 g/mol. The van der Waals surface area contributed by atoms with Crippen LogP contribution in [0.5, 0.6) is 5.75 Å². The van der Waals surface area contributed by atoms with E-state index in [9.17, 15) is 9.90 Å². The number of hydrogen-bond acceptors (Lipinski definition) is 5. The van der Waals surface area contributed by atoms with Crippen LogP contribution in [-0.2, 0) is 7.05 Å². The zero-order valence-electron chi connectivity index (χ0n) is 18.7. The van der Waals surface area contributed by atoms with Crippen molar-refractivity contribution in [1.29, 1.82) is 0 Å². The summed E-state index contributed by atoms with van der Waals surface area (Å²) in [6.45, 7) is 8.33. The van der Waals surface area contributed by atoms with Gasteiger partial charge in [0, 0.05) is 36.0 Å². The Morgan fingerprint density at radius 3 is 2.48 bits per heavy atom. The number of rotatable bonds is 1. The van der Waals surface area contributed by atoms with Crippen LogP contribution in [0.3, 0.4) is 0 Å². The number of phenols is 1. The van der Waals surface area contributed by atoms with Crippen molar-refractivity contribution in [3.05, 3.63) is 52.6 Å². The summed E-state index contributed by atoms with van der Waals surface area (Å²) in [5.41, 5.74) is 3.15. The second-order valence-corrected chi connectivity index (χ2v) is 7.39. The minimum atomic E-state index is -0.176. The third-order valence-electron chi connectivity index (χ3n) is 5.23. The predicted octanol–water partition coefficient (Wildman–Crippen LogP) is 4.28. The summed E-state index contributed by atoms with van der Waals surface area (Å²) in [5.74, 6) is 0.160. The molecule has 0 amide bonds. The van der Waals surface area contributed by atoms with Gasteiger partial charge in [-0.05, 0) is 57.1 Å². The van der Waals surface area contributed by atoms with E-state index >= 15 is 0 Å². The lowest BCUT2D eigenvalue weighted by molar-refractivity contribution is 0.474. The zero-order chi connectivity index (χ0) is 22.4. The number of phenolic OH excluding ortho intramolecular Hbond substituents is 1. The molecule has 4 heterocycles. The number of H-pyrrole nitrogens is 1. The van der Waals surface area contributed by atoms with Crippen molar-refractivity contribution in [3.63, 3.8) is 0 Å². The van der Waals surface area contributed by atoms with Crippen LogP contribution in [0.25, 0.3) is 33.1 Å². The Kier molecular flexibility index (Phi) is 7.41. The van der Waals surface area contributed by atoms with Crippen molar-refractivity contribution >= 4 is 21.8 Å². The van der Waals surface area contributed by atoms with Gasteiger partial charge in [-0.1, -0.05) is 20.3 Å². The molecule has 31 heavy (non-hydrogen) atoms. The maximum Gasteiger partial charge on any atom is 0.257 e. The molecule has 1 saturated heterocycles. The normalized spacial score (nSPS) is 13.3. The van der Waals surface area contributed by atoms with Crippen molar-refractivity contribution in [2.45, 2.75) is 40.0 Å². The van der Waals surface area contributed by atoms with Gasteiger partial charge < -0.3 is 15.4 Å². The number of piperidine rings is 1. The highest BCUT2D eigenvalue weighted by molar-refractivity contribution is 5.91. The molecule has 0 bridgehead atoms. The summed E-state index contributed by atoms with van der Waals surface area (Å²) in [7, 11) is 1.84. The standard InChI is InChI=1S/C17H14N4O2.C5H11N.C2H6/c1-9-15-10(8-21(2)20-15)7-12(16(9)22)13-4-3-11-14(19-13)5-6-18-17(11)23;1-2-4-6-5-3-1;1-2/h3-8,22H,1-2H3,(H,18,23);6H,1-5H2;1-2H3. The van der Waals surface area contributed by atoms with E-state index in [0.717, 1.165) is 10.9 Å². The lowest BCUT2D eigenvalue weighted by atomic mass is 10.0. The number of nitrogens with zero attached hydrogens (tertiary/aromatic N) is 3. The summed E-state index contributed by atoms with van der Waals surface area (Å²) >= 11 is 0. The van der Waals surface area contributed by atoms with Crippen molar-refractivity contribution < 1.29 is 5.11 Å². The average Bonchev–Trinajstić information content (AvgIpc) is 3.20. The molecule has 3 aromatic heterocycles. The number of benzene rings is 1. The van der Waals surface area contributed by atoms with Gasteiger partial charge in [0.1, 0.15) is 5.75 Å². The first kappa shape index (κ1) is 22.5. The Morgan fingerprint density at radius 2 is 1.84 bits per heavy atom. The highest BCUT2D eigenvalue weighted by Crippen LogP contribution is 2.36. The molecule has 0 atom stereocenters. The Hall–Kier alpha value is -3.19. The van der Waals surface area contributed by atoms with Crippen molar-refractivity contribution in [3.8, 4) is 17.0 Å². The van der Waals surface area contributed by atoms with E-state index in [4.69, 9.17) is 0 Å². The Balaban J connectivity index is 0.000000291. The first-order chi connectivity index (χ1) is 15.0. The van der Waals surface area contributed by atoms with Gasteiger partial charge in [-0.25, -0.2) is 4.98 Å². The molecule has 1 aliphatic heterocycles. The Bertz CT molecular complexity index is 1210. The van der Waals surface area contributed by atoms with Gasteiger partial charge in [-0.2, -0.15) is 5.10 Å². The molecule has 7 nitrogen and oxygen atoms in total. The average molecular weight is 422 g/mol. The number of aromatic hydroxyl groups is 1. The molecule has 0 radical (unpaired) electrons.